The van der Waals surface area contributed by atoms with Crippen LogP contribution in [0.25, 0.3) is 11.4 Å². The Labute approximate surface area is 128 Å². The number of nitrogens with two attached hydrogens (primary N) is 2. The maximum atomic E-state index is 6.05. The van der Waals surface area contributed by atoms with E-state index in [0.717, 1.165) is 11.4 Å². The SMILES string of the molecule is Nc1cc(NCc2ccccn2)cc(-c2ncccn2)c1N. The molecule has 0 saturated carbocycles. The smallest absolute Gasteiger partial charge is 0.161 e. The van der Waals surface area contributed by atoms with E-state index in [0.29, 0.717) is 29.3 Å². The van der Waals surface area contributed by atoms with Crippen LogP contribution in [0, 0.1) is 0 Å². The number of anilines is 3. The average molecular weight is 292 g/mol. The number of hydrogen-bond donors (Lipinski definition) is 3. The summed E-state index contributed by atoms with van der Waals surface area (Å²) < 4.78 is 0. The predicted octanol–water partition coefficient (Wildman–Crippen LogP) is 2.32. The average Bonchev–Trinajstić information content (AvgIpc) is 2.57. The Morgan fingerprint density at radius 3 is 2.41 bits per heavy atom. The molecule has 0 unspecified atom stereocenters. The van der Waals surface area contributed by atoms with Crippen LogP contribution in [0.5, 0.6) is 0 Å². The van der Waals surface area contributed by atoms with Crippen LogP contribution in [0.1, 0.15) is 5.69 Å². The van der Waals surface area contributed by atoms with Crippen LogP contribution in [-0.2, 0) is 6.54 Å². The molecule has 0 atom stereocenters. The molecule has 5 N–H and O–H groups in total. The van der Waals surface area contributed by atoms with Crippen LogP contribution in [0.15, 0.2) is 55.0 Å². The minimum absolute atomic E-state index is 0.481. The standard InChI is InChI=1S/C16H16N6/c17-14-9-12(22-10-11-4-1-2-5-19-11)8-13(15(14)18)16-20-6-3-7-21-16/h1-9,22H,10,17-18H2. The van der Waals surface area contributed by atoms with E-state index in [4.69, 9.17) is 11.5 Å². The van der Waals surface area contributed by atoms with Crippen LogP contribution in [0.4, 0.5) is 17.1 Å². The lowest BCUT2D eigenvalue weighted by Gasteiger charge is -2.12. The molecule has 110 valence electrons. The summed E-state index contributed by atoms with van der Waals surface area (Å²) in [7, 11) is 0. The summed E-state index contributed by atoms with van der Waals surface area (Å²) >= 11 is 0. The van der Waals surface area contributed by atoms with E-state index in [1.165, 1.54) is 0 Å². The third-order valence-corrected chi connectivity index (χ3v) is 3.22. The Morgan fingerprint density at radius 2 is 1.68 bits per heavy atom. The van der Waals surface area contributed by atoms with Crippen LogP contribution in [-0.4, -0.2) is 15.0 Å². The van der Waals surface area contributed by atoms with E-state index in [-0.39, 0.29) is 0 Å². The van der Waals surface area contributed by atoms with Crippen molar-refractivity contribution in [2.24, 2.45) is 0 Å². The van der Waals surface area contributed by atoms with E-state index >= 15 is 0 Å². The highest BCUT2D eigenvalue weighted by molar-refractivity contribution is 5.85. The maximum absolute atomic E-state index is 6.05. The van der Waals surface area contributed by atoms with Crippen molar-refractivity contribution in [1.82, 2.24) is 15.0 Å². The quantitative estimate of drug-likeness (QED) is 0.638. The highest BCUT2D eigenvalue weighted by Crippen LogP contribution is 2.31. The number of nitrogens with one attached hydrogen (secondary N) is 1. The van der Waals surface area contributed by atoms with Gasteiger partial charge < -0.3 is 16.8 Å². The molecular weight excluding hydrogens is 276 g/mol. The second-order valence-electron chi connectivity index (χ2n) is 4.77. The molecular formula is C16H16N6. The van der Waals surface area contributed by atoms with Crippen molar-refractivity contribution in [3.05, 3.63) is 60.7 Å². The molecule has 0 aliphatic rings. The molecule has 0 saturated heterocycles. The van der Waals surface area contributed by atoms with Gasteiger partial charge >= 0.3 is 0 Å². The van der Waals surface area contributed by atoms with Gasteiger partial charge in [-0.25, -0.2) is 9.97 Å². The Morgan fingerprint density at radius 1 is 0.909 bits per heavy atom. The van der Waals surface area contributed by atoms with Gasteiger partial charge in [-0.05, 0) is 30.3 Å². The van der Waals surface area contributed by atoms with Crippen LogP contribution in [0.3, 0.4) is 0 Å². The molecule has 2 heterocycles. The molecule has 0 spiro atoms. The van der Waals surface area contributed by atoms with Gasteiger partial charge in [0.25, 0.3) is 0 Å². The van der Waals surface area contributed by atoms with Gasteiger partial charge in [0, 0.05) is 29.8 Å². The molecule has 22 heavy (non-hydrogen) atoms. The fourth-order valence-electron chi connectivity index (χ4n) is 2.10. The molecule has 3 rings (SSSR count). The summed E-state index contributed by atoms with van der Waals surface area (Å²) in [5, 5.41) is 3.29. The molecule has 0 bridgehead atoms. The Balaban J connectivity index is 1.88. The first kappa shape index (κ1) is 13.8. The zero-order chi connectivity index (χ0) is 15.4. The number of hydrogen-bond acceptors (Lipinski definition) is 6. The summed E-state index contributed by atoms with van der Waals surface area (Å²) in [5.41, 5.74) is 15.5. The summed E-state index contributed by atoms with van der Waals surface area (Å²) in [6.07, 6.45) is 5.11. The number of pyridine rings is 1. The molecule has 2 aromatic heterocycles. The zero-order valence-electron chi connectivity index (χ0n) is 11.9. The first-order valence-corrected chi connectivity index (χ1v) is 6.84. The minimum Gasteiger partial charge on any atom is -0.397 e. The van der Waals surface area contributed by atoms with E-state index in [2.05, 4.69) is 20.3 Å². The highest BCUT2D eigenvalue weighted by Gasteiger charge is 2.10. The lowest BCUT2D eigenvalue weighted by Crippen LogP contribution is -2.05. The first-order valence-electron chi connectivity index (χ1n) is 6.84. The fraction of sp³-hybridized carbons (Fsp3) is 0.0625. The van der Waals surface area contributed by atoms with Crippen molar-refractivity contribution in [2.45, 2.75) is 6.54 Å². The third-order valence-electron chi connectivity index (χ3n) is 3.22. The number of nitrogens with zero attached hydrogens (tertiary/aromatic N) is 3. The Kier molecular flexibility index (Phi) is 3.82. The molecule has 0 aliphatic carbocycles. The second-order valence-corrected chi connectivity index (χ2v) is 4.77. The number of nitrogen functional groups attached to an aromatic ring is 2. The minimum atomic E-state index is 0.481. The summed E-state index contributed by atoms with van der Waals surface area (Å²) in [6, 6.07) is 11.2. The lowest BCUT2D eigenvalue weighted by molar-refractivity contribution is 1.05. The van der Waals surface area contributed by atoms with Crippen LogP contribution < -0.4 is 16.8 Å². The van der Waals surface area contributed by atoms with E-state index in [1.54, 1.807) is 30.7 Å². The van der Waals surface area contributed by atoms with Crippen LogP contribution in [0.2, 0.25) is 0 Å². The van der Waals surface area contributed by atoms with Gasteiger partial charge in [-0.2, -0.15) is 0 Å². The Hall–Kier alpha value is -3.15. The largest absolute Gasteiger partial charge is 0.397 e. The van der Waals surface area contributed by atoms with Gasteiger partial charge in [0.05, 0.1) is 23.6 Å². The van der Waals surface area contributed by atoms with Crippen molar-refractivity contribution in [2.75, 3.05) is 16.8 Å². The topological polar surface area (TPSA) is 103 Å². The van der Waals surface area contributed by atoms with Gasteiger partial charge in [-0.1, -0.05) is 6.07 Å². The Bertz CT molecular complexity index is 758. The lowest BCUT2D eigenvalue weighted by atomic mass is 10.1. The summed E-state index contributed by atoms with van der Waals surface area (Å²) in [4.78, 5) is 12.7. The van der Waals surface area contributed by atoms with Crippen molar-refractivity contribution in [3.8, 4) is 11.4 Å². The molecule has 0 amide bonds. The highest BCUT2D eigenvalue weighted by atomic mass is 14.9. The van der Waals surface area contributed by atoms with Gasteiger partial charge in [0.1, 0.15) is 0 Å². The maximum Gasteiger partial charge on any atom is 0.161 e. The van der Waals surface area contributed by atoms with Crippen LogP contribution >= 0.6 is 0 Å². The first-order chi connectivity index (χ1) is 10.7. The molecule has 6 heteroatoms. The fourth-order valence-corrected chi connectivity index (χ4v) is 2.10. The van der Waals surface area contributed by atoms with Gasteiger partial charge in [0.15, 0.2) is 5.82 Å². The van der Waals surface area contributed by atoms with Crippen molar-refractivity contribution in [1.29, 1.82) is 0 Å². The van der Waals surface area contributed by atoms with Crippen molar-refractivity contribution >= 4 is 17.1 Å². The van der Waals surface area contributed by atoms with E-state index in [1.807, 2.05) is 24.3 Å². The van der Waals surface area contributed by atoms with Crippen molar-refractivity contribution in [3.63, 3.8) is 0 Å². The second kappa shape index (κ2) is 6.09. The number of benzene rings is 1. The molecule has 0 aliphatic heterocycles. The summed E-state index contributed by atoms with van der Waals surface area (Å²) in [6.45, 7) is 0.597. The monoisotopic (exact) mass is 292 g/mol. The van der Waals surface area contributed by atoms with E-state index in [9.17, 15) is 0 Å². The summed E-state index contributed by atoms with van der Waals surface area (Å²) in [5.74, 6) is 0.549. The number of rotatable bonds is 4. The molecule has 0 fully saturated rings. The third kappa shape index (κ3) is 2.95. The van der Waals surface area contributed by atoms with Crippen molar-refractivity contribution < 1.29 is 0 Å². The molecule has 1 aromatic carbocycles. The predicted molar refractivity (Wildman–Crippen MR) is 87.9 cm³/mol. The molecule has 0 radical (unpaired) electrons. The van der Waals surface area contributed by atoms with Gasteiger partial charge in [-0.3, -0.25) is 4.98 Å². The van der Waals surface area contributed by atoms with Gasteiger partial charge in [-0.15, -0.1) is 0 Å². The molecule has 6 nitrogen and oxygen atoms in total. The molecule has 3 aromatic rings. The van der Waals surface area contributed by atoms with E-state index < -0.39 is 0 Å². The zero-order valence-corrected chi connectivity index (χ0v) is 11.9. The normalized spacial score (nSPS) is 10.4. The number of aromatic nitrogens is 3. The van der Waals surface area contributed by atoms with Gasteiger partial charge in [0.2, 0.25) is 0 Å².